The molecule has 7 aliphatic rings. The summed E-state index contributed by atoms with van der Waals surface area (Å²) < 4.78 is 0. The molecule has 1 saturated heterocycles. The molecule has 0 bridgehead atoms. The Hall–Kier alpha value is 2.00. The van der Waals surface area contributed by atoms with E-state index in [4.69, 9.17) is 0 Å². The second kappa shape index (κ2) is 22.5. The number of likely N-dealkylation sites (tertiary alicyclic amines) is 1. The van der Waals surface area contributed by atoms with Crippen LogP contribution in [0.1, 0.15) is 13.8 Å². The molecule has 7 fully saturated rings. The van der Waals surface area contributed by atoms with Crippen molar-refractivity contribution >= 4 is 15.9 Å². The summed E-state index contributed by atoms with van der Waals surface area (Å²) in [4.78, 5) is 3.81. The van der Waals surface area contributed by atoms with Crippen LogP contribution in [-0.4, -0.2) is 23.5 Å². The molecule has 7 rings (SSSR count). The molecule has 5 heteroatoms. The summed E-state index contributed by atoms with van der Waals surface area (Å²) in [5, 5.41) is 0. The van der Waals surface area contributed by atoms with Gasteiger partial charge in [-0.3, -0.25) is 4.90 Å². The van der Waals surface area contributed by atoms with Gasteiger partial charge in [-0.1, -0.05) is 15.9 Å². The minimum absolute atomic E-state index is 0. The van der Waals surface area contributed by atoms with Crippen LogP contribution in [0.3, 0.4) is 0 Å². The van der Waals surface area contributed by atoms with Crippen LogP contribution in [0.4, 0.5) is 0 Å². The summed E-state index contributed by atoms with van der Waals surface area (Å²) >= 11 is 3.67. The van der Waals surface area contributed by atoms with Crippen molar-refractivity contribution in [1.29, 1.82) is 0 Å². The number of fused-ring (bicyclic) bond motifs is 3. The van der Waals surface area contributed by atoms with Crippen LogP contribution in [0.25, 0.3) is 0 Å². The van der Waals surface area contributed by atoms with Gasteiger partial charge in [0.1, 0.15) is 0 Å². The van der Waals surface area contributed by atoms with Gasteiger partial charge in [-0.05, 0) is 180 Å². The summed E-state index contributed by atoms with van der Waals surface area (Å²) in [6.45, 7) is 5.63. The zero-order valence-corrected chi connectivity index (χ0v) is 27.5. The van der Waals surface area contributed by atoms with Gasteiger partial charge in [-0.15, -0.1) is 0 Å². The fourth-order valence-corrected chi connectivity index (χ4v) is 5.19. The van der Waals surface area contributed by atoms with E-state index in [1.54, 1.807) is 0 Å². The number of hydrogen-bond donors (Lipinski definition) is 0. The second-order valence-corrected chi connectivity index (χ2v) is 9.95. The van der Waals surface area contributed by atoms with Gasteiger partial charge in [-0.2, -0.15) is 0 Å². The predicted octanol–water partition coefficient (Wildman–Crippen LogP) is 6.81. The molecule has 0 unspecified atom stereocenters. The van der Waals surface area contributed by atoms with E-state index < -0.39 is 0 Å². The first-order valence-corrected chi connectivity index (χ1v) is 13.6. The fourth-order valence-electron chi connectivity index (χ4n) is 4.78. The Labute approximate surface area is 291 Å². The third kappa shape index (κ3) is 12.1. The molecule has 0 aromatic carbocycles. The maximum Gasteiger partial charge on any atom is 2.00 e. The van der Waals surface area contributed by atoms with Gasteiger partial charge < -0.3 is 0 Å². The third-order valence-corrected chi connectivity index (χ3v) is 7.52. The maximum absolute atomic E-state index is 3.67. The van der Waals surface area contributed by atoms with Crippen molar-refractivity contribution in [2.45, 2.75) is 25.9 Å². The molecule has 204 valence electrons. The van der Waals surface area contributed by atoms with Crippen LogP contribution < -0.4 is 0 Å². The summed E-state index contributed by atoms with van der Waals surface area (Å²) in [6, 6.07) is 0.823. The Morgan fingerprint density at radius 3 is 1.10 bits per heavy atom. The van der Waals surface area contributed by atoms with Crippen LogP contribution >= 0.6 is 15.9 Å². The summed E-state index contributed by atoms with van der Waals surface area (Å²) in [5.41, 5.74) is 0. The number of nitrogens with zero attached hydrogens (tertiary/aromatic N) is 1. The molecule has 2 atom stereocenters. The second-order valence-electron chi connectivity index (χ2n) is 9.10. The molecular formula is C35H34BrFe3N+6. The summed E-state index contributed by atoms with van der Waals surface area (Å²) in [6.07, 6.45) is 49.9. The molecular weight excluding hydrogens is 682 g/mol. The first kappa shape index (κ1) is 40.0. The van der Waals surface area contributed by atoms with Crippen LogP contribution in [-0.2, 0) is 51.2 Å². The van der Waals surface area contributed by atoms with Crippen molar-refractivity contribution in [3.63, 3.8) is 0 Å². The SMILES string of the molecule is C[C@H]1[C]2[CH][CH][CH][C]2[C]2[CH][CH][CH][C]2[C@H](C)N1C[C]1[CH][CH][CH][C]1Br.[CH]1[CH][CH][CH][CH]1.[CH]1[CH][CH][CH][CH]1.[CH]1[CH][CH][CH][CH]1.[Fe+2].[Fe+2].[Fe+2]. The monoisotopic (exact) mass is 715 g/mol. The topological polar surface area (TPSA) is 3.24 Å². The molecule has 30 radical (unpaired) electrons. The number of rotatable bonds is 2. The van der Waals surface area contributed by atoms with Gasteiger partial charge in [0, 0.05) is 36.4 Å². The minimum atomic E-state index is 0. The van der Waals surface area contributed by atoms with E-state index in [2.05, 4.69) is 92.5 Å². The quantitative estimate of drug-likeness (QED) is 0.284. The predicted molar refractivity (Wildman–Crippen MR) is 157 cm³/mol. The molecule has 0 spiro atoms. The Morgan fingerprint density at radius 2 is 0.800 bits per heavy atom. The van der Waals surface area contributed by atoms with E-state index in [0.717, 1.165) is 6.54 Å². The minimum Gasteiger partial charge on any atom is -0.296 e. The van der Waals surface area contributed by atoms with E-state index in [1.165, 1.54) is 34.4 Å². The number of hydrogen-bond acceptors (Lipinski definition) is 1. The van der Waals surface area contributed by atoms with Gasteiger partial charge in [0.25, 0.3) is 0 Å². The maximum atomic E-state index is 3.67. The third-order valence-electron chi connectivity index (χ3n) is 6.75. The molecule has 6 saturated carbocycles. The Kier molecular flexibility index (Phi) is 22.5. The normalized spacial score (nSPS) is 29.8. The van der Waals surface area contributed by atoms with Gasteiger partial charge >= 0.3 is 51.2 Å². The molecule has 0 aromatic rings. The molecule has 1 aliphatic heterocycles. The molecule has 40 heavy (non-hydrogen) atoms. The molecule has 0 aromatic heterocycles. The Morgan fingerprint density at radius 1 is 0.475 bits per heavy atom. The molecule has 1 nitrogen and oxygen atoms in total. The summed E-state index contributed by atoms with van der Waals surface area (Å²) in [7, 11) is 0. The number of halogens is 1. The van der Waals surface area contributed by atoms with E-state index in [-0.39, 0.29) is 51.2 Å². The fraction of sp³-hybridized carbons (Fsp3) is 0.143. The van der Waals surface area contributed by atoms with Gasteiger partial charge in [0.05, 0.1) is 4.83 Å². The van der Waals surface area contributed by atoms with Crippen molar-refractivity contribution in [2.24, 2.45) is 0 Å². The first-order chi connectivity index (χ1) is 18.2. The van der Waals surface area contributed by atoms with E-state index in [9.17, 15) is 0 Å². The summed E-state index contributed by atoms with van der Waals surface area (Å²) in [5.74, 6) is 7.06. The van der Waals surface area contributed by atoms with Gasteiger partial charge in [-0.25, -0.2) is 0 Å². The van der Waals surface area contributed by atoms with Crippen LogP contribution in [0.2, 0.25) is 0 Å². The zero-order valence-electron chi connectivity index (χ0n) is 22.6. The van der Waals surface area contributed by atoms with Crippen molar-refractivity contribution < 1.29 is 51.2 Å². The largest absolute Gasteiger partial charge is 2.00 e. The van der Waals surface area contributed by atoms with E-state index in [0.29, 0.717) is 12.1 Å². The smallest absolute Gasteiger partial charge is 0.296 e. The zero-order chi connectivity index (χ0) is 25.9. The van der Waals surface area contributed by atoms with Crippen molar-refractivity contribution in [3.05, 3.63) is 189 Å². The van der Waals surface area contributed by atoms with Crippen molar-refractivity contribution in [1.82, 2.24) is 4.90 Å². The average Bonchev–Trinajstić information content (AvgIpc) is 3.78. The van der Waals surface area contributed by atoms with Gasteiger partial charge in [0.2, 0.25) is 0 Å². The molecule has 6 aliphatic carbocycles. The van der Waals surface area contributed by atoms with E-state index >= 15 is 0 Å². The standard InChI is InChI=1S/C20H19BrN.3C5H5.3Fe/c1-13-16-7-4-9-18(16)19-10-5-8-17(19)14(2)22(13)12-15-6-3-11-20(15)21;3*1-2-4-5-3-1;;;/h3-11,13-14H,12H2,1-2H3;3*1-5H;;;/q;;;;3*+2/t13-,14-;;;;;;/m0....../s1. The molecule has 1 heterocycles. The molecule has 0 amide bonds. The Balaban J connectivity index is 0.000000363. The molecule has 0 N–H and O–H groups in total. The Bertz CT molecular complexity index is 537. The van der Waals surface area contributed by atoms with Crippen molar-refractivity contribution in [2.75, 3.05) is 6.54 Å². The van der Waals surface area contributed by atoms with Crippen LogP contribution in [0.15, 0.2) is 0 Å². The van der Waals surface area contributed by atoms with Crippen molar-refractivity contribution in [3.8, 4) is 0 Å². The van der Waals surface area contributed by atoms with Crippen LogP contribution in [0.5, 0.6) is 0 Å². The van der Waals surface area contributed by atoms with E-state index in [1.807, 2.05) is 96.3 Å². The average molecular weight is 716 g/mol. The van der Waals surface area contributed by atoms with Crippen LogP contribution in [0, 0.1) is 189 Å². The first-order valence-electron chi connectivity index (χ1n) is 12.8. The van der Waals surface area contributed by atoms with Gasteiger partial charge in [0.15, 0.2) is 0 Å².